The summed E-state index contributed by atoms with van der Waals surface area (Å²) in [5.74, 6) is -1.16. The van der Waals surface area contributed by atoms with Gasteiger partial charge >= 0.3 is 0 Å². The van der Waals surface area contributed by atoms with Crippen molar-refractivity contribution in [3.05, 3.63) is 83.9 Å². The van der Waals surface area contributed by atoms with Crippen molar-refractivity contribution in [2.75, 3.05) is 26.9 Å². The number of carbonyl (C=O) groups excluding carboxylic acids is 1. The highest BCUT2D eigenvalue weighted by Crippen LogP contribution is 2.47. The van der Waals surface area contributed by atoms with Crippen LogP contribution in [0.25, 0.3) is 55.2 Å². The molecule has 0 saturated heterocycles. The van der Waals surface area contributed by atoms with E-state index >= 15 is 4.39 Å². The molecule has 1 N–H and O–H groups in total. The number of amides is 1. The van der Waals surface area contributed by atoms with Crippen molar-refractivity contribution in [3.63, 3.8) is 0 Å². The molecule has 9 nitrogen and oxygen atoms in total. The zero-order chi connectivity index (χ0) is 31.2. The fourth-order valence-electron chi connectivity index (χ4n) is 5.87. The number of imidazole rings is 1. The van der Waals surface area contributed by atoms with Gasteiger partial charge in [0.1, 0.15) is 41.1 Å². The minimum Gasteiger partial charge on any atom is -0.490 e. The highest BCUT2D eigenvalue weighted by molar-refractivity contribution is 7.18. The average molecular weight is 627 g/mol. The Morgan fingerprint density at radius 1 is 1.11 bits per heavy atom. The van der Waals surface area contributed by atoms with Crippen LogP contribution in [0.3, 0.4) is 0 Å². The molecular weight excluding hydrogens is 598 g/mol. The normalized spacial score (nSPS) is 14.7. The van der Waals surface area contributed by atoms with E-state index in [1.165, 1.54) is 30.6 Å². The third-order valence-electron chi connectivity index (χ3n) is 8.00. The van der Waals surface area contributed by atoms with Gasteiger partial charge in [-0.1, -0.05) is 18.7 Å². The predicted octanol–water partition coefficient (Wildman–Crippen LogP) is 6.76. The van der Waals surface area contributed by atoms with Gasteiger partial charge in [-0.15, -0.1) is 11.3 Å². The number of carbonyl (C=O) groups is 1. The molecule has 1 unspecified atom stereocenters. The van der Waals surface area contributed by atoms with Crippen molar-refractivity contribution in [2.45, 2.75) is 19.5 Å². The second-order valence-electron chi connectivity index (χ2n) is 10.6. The first kappa shape index (κ1) is 28.8. The van der Waals surface area contributed by atoms with Gasteiger partial charge in [-0.05, 0) is 42.6 Å². The summed E-state index contributed by atoms with van der Waals surface area (Å²) in [6, 6.07) is 13.2. The molecule has 7 rings (SSSR count). The van der Waals surface area contributed by atoms with Gasteiger partial charge < -0.3 is 19.4 Å². The number of nitrogens with zero attached hydrogens (tertiary/aromatic N) is 5. The summed E-state index contributed by atoms with van der Waals surface area (Å²) in [4.78, 5) is 27.6. The third-order valence-corrected chi connectivity index (χ3v) is 8.93. The Bertz CT molecular complexity index is 2070. The zero-order valence-corrected chi connectivity index (χ0v) is 25.3. The SMILES string of the molecule is C=CC(=O)N1CCn2nc(-c3nc(-c4nc5ccccc5[nH]4)c4ccsc4c3-c3c(F)cc(F)cc3OCCOC)cc2C1C. The van der Waals surface area contributed by atoms with E-state index < -0.39 is 11.6 Å². The number of aromatic amines is 1. The van der Waals surface area contributed by atoms with Crippen molar-refractivity contribution >= 4 is 38.4 Å². The molecule has 0 fully saturated rings. The summed E-state index contributed by atoms with van der Waals surface area (Å²) in [5.41, 5.74) is 4.32. The number of para-hydroxylation sites is 2. The third kappa shape index (κ3) is 4.95. The van der Waals surface area contributed by atoms with Gasteiger partial charge in [0.05, 0.1) is 41.5 Å². The summed E-state index contributed by atoms with van der Waals surface area (Å²) in [6.45, 7) is 6.80. The van der Waals surface area contributed by atoms with Gasteiger partial charge in [0, 0.05) is 41.4 Å². The molecule has 45 heavy (non-hydrogen) atoms. The number of hydrogen-bond donors (Lipinski definition) is 1. The summed E-state index contributed by atoms with van der Waals surface area (Å²) < 4.78 is 44.1. The summed E-state index contributed by atoms with van der Waals surface area (Å²) in [6.07, 6.45) is 1.30. The van der Waals surface area contributed by atoms with Crippen LogP contribution < -0.4 is 4.74 Å². The number of rotatable bonds is 8. The molecule has 12 heteroatoms. The number of H-pyrrole nitrogens is 1. The number of methoxy groups -OCH3 is 1. The van der Waals surface area contributed by atoms with Crippen LogP contribution in [0.1, 0.15) is 18.7 Å². The van der Waals surface area contributed by atoms with Crippen LogP contribution in [-0.2, 0) is 16.1 Å². The lowest BCUT2D eigenvalue weighted by atomic mass is 9.97. The summed E-state index contributed by atoms with van der Waals surface area (Å²) in [7, 11) is 1.52. The van der Waals surface area contributed by atoms with E-state index in [1.807, 2.05) is 53.4 Å². The lowest BCUT2D eigenvalue weighted by Gasteiger charge is -2.33. The maximum atomic E-state index is 16.0. The topological polar surface area (TPSA) is 98.2 Å². The molecule has 228 valence electrons. The van der Waals surface area contributed by atoms with Crippen LogP contribution >= 0.6 is 11.3 Å². The highest BCUT2D eigenvalue weighted by Gasteiger charge is 2.31. The number of thiophene rings is 1. The number of halogens is 2. The van der Waals surface area contributed by atoms with E-state index in [1.54, 1.807) is 4.90 Å². The molecule has 0 spiro atoms. The molecule has 6 aromatic rings. The van der Waals surface area contributed by atoms with E-state index in [9.17, 15) is 9.18 Å². The average Bonchev–Trinajstić information content (AvgIpc) is 3.79. The lowest BCUT2D eigenvalue weighted by molar-refractivity contribution is -0.129. The second-order valence-corrected chi connectivity index (χ2v) is 11.6. The number of fused-ring (bicyclic) bond motifs is 3. The molecule has 0 aliphatic carbocycles. The van der Waals surface area contributed by atoms with Crippen LogP contribution in [0.2, 0.25) is 0 Å². The predicted molar refractivity (Wildman–Crippen MR) is 169 cm³/mol. The molecule has 1 amide bonds. The highest BCUT2D eigenvalue weighted by atomic mass is 32.1. The summed E-state index contributed by atoms with van der Waals surface area (Å²) in [5, 5.41) is 7.55. The fourth-order valence-corrected chi connectivity index (χ4v) is 6.81. The van der Waals surface area contributed by atoms with E-state index in [2.05, 4.69) is 11.6 Å². The lowest BCUT2D eigenvalue weighted by Crippen LogP contribution is -2.40. The standard InChI is InChI=1S/C33H28F2N6O3S/c1-4-27(42)40-10-11-41-25(18(40)2)17-24(39-41)31-29(28-21(35)15-19(34)16-26(28)44-13-12-43-3)32-20(9-14-45-32)30(38-31)33-36-22-7-5-6-8-23(22)37-33/h4-9,14-18H,1,10-13H2,2-3H3,(H,36,37). The maximum Gasteiger partial charge on any atom is 0.246 e. The first-order valence-electron chi connectivity index (χ1n) is 14.4. The molecular formula is C33H28F2N6O3S. The summed E-state index contributed by atoms with van der Waals surface area (Å²) >= 11 is 1.41. The van der Waals surface area contributed by atoms with Crippen LogP contribution in [0.5, 0.6) is 5.75 Å². The minimum absolute atomic E-state index is 0.0267. The number of ether oxygens (including phenoxy) is 2. The largest absolute Gasteiger partial charge is 0.490 e. The van der Waals surface area contributed by atoms with Crippen molar-refractivity contribution in [3.8, 4) is 39.8 Å². The molecule has 0 bridgehead atoms. The first-order chi connectivity index (χ1) is 21.9. The second kappa shape index (κ2) is 11.5. The van der Waals surface area contributed by atoms with Crippen LogP contribution in [-0.4, -0.2) is 62.4 Å². The Kier molecular flexibility index (Phi) is 7.38. The minimum atomic E-state index is -0.795. The molecule has 5 heterocycles. The van der Waals surface area contributed by atoms with Crippen LogP contribution in [0.15, 0.2) is 66.6 Å². The van der Waals surface area contributed by atoms with E-state index in [0.717, 1.165) is 28.2 Å². The van der Waals surface area contributed by atoms with E-state index in [-0.39, 0.29) is 36.5 Å². The van der Waals surface area contributed by atoms with Gasteiger partial charge in [0.15, 0.2) is 5.82 Å². The van der Waals surface area contributed by atoms with Gasteiger partial charge in [-0.3, -0.25) is 9.48 Å². The fraction of sp³-hybridized carbons (Fsp3) is 0.212. The molecule has 1 aliphatic rings. The number of hydrogen-bond acceptors (Lipinski definition) is 7. The zero-order valence-electron chi connectivity index (χ0n) is 24.5. The Labute approximate surface area is 260 Å². The molecule has 1 aliphatic heterocycles. The molecule has 1 atom stereocenters. The first-order valence-corrected chi connectivity index (χ1v) is 15.2. The number of benzene rings is 2. The molecule has 2 aromatic carbocycles. The Morgan fingerprint density at radius 2 is 1.96 bits per heavy atom. The van der Waals surface area contributed by atoms with Crippen molar-refractivity contribution in [2.24, 2.45) is 0 Å². The Morgan fingerprint density at radius 3 is 2.76 bits per heavy atom. The van der Waals surface area contributed by atoms with Gasteiger partial charge in [0.2, 0.25) is 5.91 Å². The van der Waals surface area contributed by atoms with Gasteiger partial charge in [0.25, 0.3) is 0 Å². The van der Waals surface area contributed by atoms with Crippen LogP contribution in [0, 0.1) is 11.6 Å². The van der Waals surface area contributed by atoms with E-state index in [4.69, 9.17) is 24.5 Å². The van der Waals surface area contributed by atoms with Crippen molar-refractivity contribution in [1.29, 1.82) is 0 Å². The smallest absolute Gasteiger partial charge is 0.246 e. The molecule has 0 radical (unpaired) electrons. The number of pyridine rings is 1. The number of nitrogens with one attached hydrogen (secondary N) is 1. The Hall–Kier alpha value is -4.94. The van der Waals surface area contributed by atoms with E-state index in [0.29, 0.717) is 46.3 Å². The monoisotopic (exact) mass is 626 g/mol. The number of aromatic nitrogens is 5. The van der Waals surface area contributed by atoms with Gasteiger partial charge in [-0.25, -0.2) is 18.7 Å². The molecule has 4 aromatic heterocycles. The van der Waals surface area contributed by atoms with Crippen molar-refractivity contribution < 1.29 is 23.0 Å². The van der Waals surface area contributed by atoms with Crippen LogP contribution in [0.4, 0.5) is 8.78 Å². The van der Waals surface area contributed by atoms with Gasteiger partial charge in [-0.2, -0.15) is 5.10 Å². The Balaban J connectivity index is 1.50. The van der Waals surface area contributed by atoms with Crippen molar-refractivity contribution in [1.82, 2.24) is 29.6 Å². The molecule has 0 saturated carbocycles. The quantitative estimate of drug-likeness (QED) is 0.148. The maximum absolute atomic E-state index is 16.0.